The maximum absolute atomic E-state index is 5.76. The number of likely N-dealkylation sites (tertiary alicyclic amines) is 1. The van der Waals surface area contributed by atoms with Gasteiger partial charge in [0.15, 0.2) is 0 Å². The number of hydrogen-bond donors (Lipinski definition) is 0. The van der Waals surface area contributed by atoms with Gasteiger partial charge in [0, 0.05) is 12.6 Å². The van der Waals surface area contributed by atoms with Crippen molar-refractivity contribution in [2.75, 3.05) is 33.4 Å². The Morgan fingerprint density at radius 1 is 1.22 bits per heavy atom. The number of halogens is 1. The Morgan fingerprint density at radius 3 is 2.72 bits per heavy atom. The summed E-state index contributed by atoms with van der Waals surface area (Å²) in [4.78, 5) is 2.47. The Bertz CT molecular complexity index is 378. The normalized spacial score (nSPS) is 16.6. The van der Waals surface area contributed by atoms with Gasteiger partial charge in [-0.1, -0.05) is 6.42 Å². The van der Waals surface area contributed by atoms with E-state index < -0.39 is 0 Å². The van der Waals surface area contributed by atoms with Crippen molar-refractivity contribution in [3.05, 3.63) is 22.7 Å². The van der Waals surface area contributed by atoms with Gasteiger partial charge in [0.2, 0.25) is 0 Å². The van der Waals surface area contributed by atoms with Gasteiger partial charge in [-0.15, -0.1) is 0 Å². The van der Waals surface area contributed by atoms with E-state index in [1.807, 2.05) is 18.2 Å². The van der Waals surface area contributed by atoms with E-state index in [1.165, 1.54) is 32.4 Å². The van der Waals surface area contributed by atoms with E-state index in [0.717, 1.165) is 29.1 Å². The number of methoxy groups -OCH3 is 1. The van der Waals surface area contributed by atoms with Gasteiger partial charge in [0.05, 0.1) is 11.6 Å². The second kappa shape index (κ2) is 7.00. The van der Waals surface area contributed by atoms with E-state index >= 15 is 0 Å². The van der Waals surface area contributed by atoms with Crippen molar-refractivity contribution < 1.29 is 9.47 Å². The van der Waals surface area contributed by atoms with E-state index in [0.29, 0.717) is 0 Å². The highest BCUT2D eigenvalue weighted by Crippen LogP contribution is 2.28. The molecule has 0 unspecified atom stereocenters. The van der Waals surface area contributed by atoms with Crippen molar-refractivity contribution in [2.24, 2.45) is 0 Å². The van der Waals surface area contributed by atoms with Crippen LogP contribution in [0.5, 0.6) is 11.5 Å². The molecule has 2 rings (SSSR count). The van der Waals surface area contributed by atoms with Crippen molar-refractivity contribution in [3.63, 3.8) is 0 Å². The Kier molecular flexibility index (Phi) is 5.32. The molecule has 0 N–H and O–H groups in total. The highest BCUT2D eigenvalue weighted by atomic mass is 79.9. The van der Waals surface area contributed by atoms with Crippen molar-refractivity contribution in [1.82, 2.24) is 4.90 Å². The first-order valence-corrected chi connectivity index (χ1v) is 7.27. The monoisotopic (exact) mass is 313 g/mol. The lowest BCUT2D eigenvalue weighted by molar-refractivity contribution is 0.183. The molecule has 1 saturated heterocycles. The van der Waals surface area contributed by atoms with Gasteiger partial charge in [-0.05, 0) is 54.0 Å². The lowest BCUT2D eigenvalue weighted by Gasteiger charge is -2.26. The summed E-state index contributed by atoms with van der Waals surface area (Å²) in [5.41, 5.74) is 0. The number of ether oxygens (including phenoxy) is 2. The molecule has 18 heavy (non-hydrogen) atoms. The van der Waals surface area contributed by atoms with E-state index in [-0.39, 0.29) is 0 Å². The van der Waals surface area contributed by atoms with Crippen LogP contribution in [0.4, 0.5) is 0 Å². The zero-order valence-corrected chi connectivity index (χ0v) is 12.4. The molecule has 100 valence electrons. The third-order valence-electron chi connectivity index (χ3n) is 3.25. The Balaban J connectivity index is 1.79. The smallest absolute Gasteiger partial charge is 0.136 e. The molecule has 3 nitrogen and oxygen atoms in total. The van der Waals surface area contributed by atoms with Crippen LogP contribution in [-0.4, -0.2) is 38.3 Å². The average Bonchev–Trinajstić information content (AvgIpc) is 2.42. The predicted molar refractivity (Wildman–Crippen MR) is 76.5 cm³/mol. The van der Waals surface area contributed by atoms with Gasteiger partial charge >= 0.3 is 0 Å². The molecule has 0 saturated carbocycles. The van der Waals surface area contributed by atoms with Crippen LogP contribution in [0.3, 0.4) is 0 Å². The highest BCUT2D eigenvalue weighted by Gasteiger charge is 2.09. The summed E-state index contributed by atoms with van der Waals surface area (Å²) in [5.74, 6) is 1.68. The van der Waals surface area contributed by atoms with Crippen LogP contribution in [-0.2, 0) is 0 Å². The molecule has 1 aromatic rings. The first-order chi connectivity index (χ1) is 8.79. The maximum Gasteiger partial charge on any atom is 0.136 e. The molecular weight excluding hydrogens is 294 g/mol. The summed E-state index contributed by atoms with van der Waals surface area (Å²) in [7, 11) is 1.66. The Morgan fingerprint density at radius 2 is 2.00 bits per heavy atom. The second-order valence-corrected chi connectivity index (χ2v) is 5.40. The number of nitrogens with zero attached hydrogens (tertiary/aromatic N) is 1. The minimum absolute atomic E-state index is 0.741. The summed E-state index contributed by atoms with van der Waals surface area (Å²) < 4.78 is 12.0. The first-order valence-electron chi connectivity index (χ1n) is 6.48. The molecule has 1 aromatic carbocycles. The van der Waals surface area contributed by atoms with Crippen LogP contribution in [0.15, 0.2) is 22.7 Å². The van der Waals surface area contributed by atoms with Crippen LogP contribution in [0.1, 0.15) is 19.3 Å². The summed E-state index contributed by atoms with van der Waals surface area (Å²) >= 11 is 3.43. The maximum atomic E-state index is 5.76. The topological polar surface area (TPSA) is 21.7 Å². The van der Waals surface area contributed by atoms with E-state index in [2.05, 4.69) is 20.8 Å². The van der Waals surface area contributed by atoms with Crippen molar-refractivity contribution >= 4 is 15.9 Å². The standard InChI is InChI=1S/C14H20BrNO2/c1-17-14-11-12(5-6-13(14)15)18-10-9-16-7-3-2-4-8-16/h5-6,11H,2-4,7-10H2,1H3. The quantitative estimate of drug-likeness (QED) is 0.832. The molecule has 0 bridgehead atoms. The number of benzene rings is 1. The third-order valence-corrected chi connectivity index (χ3v) is 3.90. The molecular formula is C14H20BrNO2. The minimum atomic E-state index is 0.741. The summed E-state index contributed by atoms with van der Waals surface area (Å²) in [6, 6.07) is 5.83. The number of piperidine rings is 1. The van der Waals surface area contributed by atoms with Crippen LogP contribution >= 0.6 is 15.9 Å². The molecule has 1 aliphatic heterocycles. The average molecular weight is 314 g/mol. The molecule has 0 radical (unpaired) electrons. The number of hydrogen-bond acceptors (Lipinski definition) is 3. The fraction of sp³-hybridized carbons (Fsp3) is 0.571. The summed E-state index contributed by atoms with van der Waals surface area (Å²) in [6.07, 6.45) is 4.03. The van der Waals surface area contributed by atoms with E-state index in [4.69, 9.17) is 9.47 Å². The van der Waals surface area contributed by atoms with Crippen LogP contribution in [0.25, 0.3) is 0 Å². The molecule has 0 amide bonds. The van der Waals surface area contributed by atoms with Crippen molar-refractivity contribution in [3.8, 4) is 11.5 Å². The molecule has 1 aliphatic rings. The van der Waals surface area contributed by atoms with Gasteiger partial charge in [-0.3, -0.25) is 4.90 Å². The fourth-order valence-electron chi connectivity index (χ4n) is 2.21. The molecule has 0 atom stereocenters. The third kappa shape index (κ3) is 3.89. The van der Waals surface area contributed by atoms with Gasteiger partial charge < -0.3 is 9.47 Å². The van der Waals surface area contributed by atoms with Crippen LogP contribution in [0, 0.1) is 0 Å². The van der Waals surface area contributed by atoms with Crippen LogP contribution < -0.4 is 9.47 Å². The molecule has 1 heterocycles. The predicted octanol–water partition coefficient (Wildman–Crippen LogP) is 3.32. The zero-order valence-electron chi connectivity index (χ0n) is 10.8. The second-order valence-electron chi connectivity index (χ2n) is 4.55. The highest BCUT2D eigenvalue weighted by molar-refractivity contribution is 9.10. The SMILES string of the molecule is COc1cc(OCCN2CCCCC2)ccc1Br. The molecule has 0 aliphatic carbocycles. The lowest BCUT2D eigenvalue weighted by Crippen LogP contribution is -2.33. The van der Waals surface area contributed by atoms with Gasteiger partial charge in [-0.25, -0.2) is 0 Å². The number of rotatable bonds is 5. The largest absolute Gasteiger partial charge is 0.495 e. The molecule has 4 heteroatoms. The minimum Gasteiger partial charge on any atom is -0.495 e. The summed E-state index contributed by atoms with van der Waals surface area (Å²) in [5, 5.41) is 0. The Labute approximate surface area is 117 Å². The lowest BCUT2D eigenvalue weighted by atomic mass is 10.1. The van der Waals surface area contributed by atoms with Crippen molar-refractivity contribution in [1.29, 1.82) is 0 Å². The Hall–Kier alpha value is -0.740. The van der Waals surface area contributed by atoms with E-state index in [9.17, 15) is 0 Å². The van der Waals surface area contributed by atoms with Gasteiger partial charge in [0.1, 0.15) is 18.1 Å². The zero-order chi connectivity index (χ0) is 12.8. The fourth-order valence-corrected chi connectivity index (χ4v) is 2.61. The molecule has 0 aromatic heterocycles. The van der Waals surface area contributed by atoms with E-state index in [1.54, 1.807) is 7.11 Å². The first kappa shape index (κ1) is 13.7. The summed E-state index contributed by atoms with van der Waals surface area (Å²) in [6.45, 7) is 4.18. The van der Waals surface area contributed by atoms with Crippen molar-refractivity contribution in [2.45, 2.75) is 19.3 Å². The van der Waals surface area contributed by atoms with Crippen LogP contribution in [0.2, 0.25) is 0 Å². The molecule has 0 spiro atoms. The molecule has 1 fully saturated rings. The van der Waals surface area contributed by atoms with Gasteiger partial charge in [-0.2, -0.15) is 0 Å². The van der Waals surface area contributed by atoms with Gasteiger partial charge in [0.25, 0.3) is 0 Å².